The van der Waals surface area contributed by atoms with Crippen LogP contribution in [0.2, 0.25) is 0 Å². The number of ether oxygens (including phenoxy) is 1. The number of nitrogens with two attached hydrogens (primary N) is 1. The summed E-state index contributed by atoms with van der Waals surface area (Å²) in [4.78, 5) is 8.57. The van der Waals surface area contributed by atoms with Crippen molar-refractivity contribution in [2.75, 3.05) is 6.61 Å². The third kappa shape index (κ3) is 4.57. The summed E-state index contributed by atoms with van der Waals surface area (Å²) >= 11 is 0. The van der Waals surface area contributed by atoms with Gasteiger partial charge in [0.05, 0.1) is 19.2 Å². The first-order chi connectivity index (χ1) is 10.7. The monoisotopic (exact) mass is 424 g/mol. The van der Waals surface area contributed by atoms with Gasteiger partial charge in [-0.3, -0.25) is 4.98 Å². The van der Waals surface area contributed by atoms with Crippen LogP contribution in [0.1, 0.15) is 29.2 Å². The first-order valence-electron chi connectivity index (χ1n) is 7.41. The fraction of sp³-hybridized carbons (Fsp3) is 0.294. The van der Waals surface area contributed by atoms with Gasteiger partial charge in [-0.25, -0.2) is 4.99 Å². The van der Waals surface area contributed by atoms with E-state index in [9.17, 15) is 0 Å². The van der Waals surface area contributed by atoms with Crippen molar-refractivity contribution >= 4 is 29.9 Å². The number of para-hydroxylation sites is 1. The van der Waals surface area contributed by atoms with Gasteiger partial charge in [0.15, 0.2) is 5.96 Å². The number of guanidine groups is 1. The van der Waals surface area contributed by atoms with Gasteiger partial charge in [0.25, 0.3) is 0 Å². The fourth-order valence-corrected chi connectivity index (χ4v) is 2.60. The Balaban J connectivity index is 0.00000192. The second-order valence-electron chi connectivity index (χ2n) is 5.44. The molecule has 0 bridgehead atoms. The second kappa shape index (κ2) is 8.14. The summed E-state index contributed by atoms with van der Waals surface area (Å²) in [6, 6.07) is 10.2. The molecule has 0 saturated heterocycles. The number of nitrogens with zero attached hydrogens (tertiary/aromatic N) is 2. The van der Waals surface area contributed by atoms with Crippen LogP contribution in [0.25, 0.3) is 0 Å². The average Bonchev–Trinajstić information content (AvgIpc) is 2.53. The molecule has 1 aromatic heterocycles. The summed E-state index contributed by atoms with van der Waals surface area (Å²) in [6.07, 6.45) is 4.51. The molecule has 6 heteroatoms. The lowest BCUT2D eigenvalue weighted by molar-refractivity contribution is 0.262. The van der Waals surface area contributed by atoms with E-state index in [0.29, 0.717) is 19.1 Å². The van der Waals surface area contributed by atoms with Crippen molar-refractivity contribution < 1.29 is 4.74 Å². The van der Waals surface area contributed by atoms with Gasteiger partial charge in [0, 0.05) is 24.4 Å². The van der Waals surface area contributed by atoms with Crippen molar-refractivity contribution in [2.24, 2.45) is 10.7 Å². The molecule has 0 spiro atoms. The minimum Gasteiger partial charge on any atom is -0.493 e. The molecule has 1 atom stereocenters. The Hall–Kier alpha value is -1.83. The van der Waals surface area contributed by atoms with E-state index in [1.54, 1.807) is 0 Å². The molecule has 3 N–H and O–H groups in total. The number of rotatable bonds is 3. The van der Waals surface area contributed by atoms with Gasteiger partial charge in [0.1, 0.15) is 5.75 Å². The molecule has 3 rings (SSSR count). The van der Waals surface area contributed by atoms with Crippen LogP contribution >= 0.6 is 24.0 Å². The van der Waals surface area contributed by atoms with Crippen molar-refractivity contribution in [3.63, 3.8) is 0 Å². The van der Waals surface area contributed by atoms with Crippen LogP contribution in [0.15, 0.2) is 47.7 Å². The Bertz CT molecular complexity index is 690. The van der Waals surface area contributed by atoms with E-state index in [1.807, 2.05) is 37.5 Å². The molecular weight excluding hydrogens is 403 g/mol. The predicted molar refractivity (Wildman–Crippen MR) is 102 cm³/mol. The van der Waals surface area contributed by atoms with E-state index >= 15 is 0 Å². The Morgan fingerprint density at radius 2 is 2.22 bits per heavy atom. The van der Waals surface area contributed by atoms with Gasteiger partial charge in [0.2, 0.25) is 0 Å². The first-order valence-corrected chi connectivity index (χ1v) is 7.41. The van der Waals surface area contributed by atoms with Crippen LogP contribution in [0.5, 0.6) is 5.75 Å². The predicted octanol–water partition coefficient (Wildman–Crippen LogP) is 2.94. The molecule has 0 amide bonds. The zero-order valence-electron chi connectivity index (χ0n) is 13.0. The molecule has 2 heterocycles. The Kier molecular flexibility index (Phi) is 6.20. The molecular formula is C17H21IN4O. The maximum absolute atomic E-state index is 6.03. The molecule has 0 radical (unpaired) electrons. The summed E-state index contributed by atoms with van der Waals surface area (Å²) in [5.41, 5.74) is 9.33. The number of halogens is 1. The Morgan fingerprint density at radius 3 is 3.04 bits per heavy atom. The fourth-order valence-electron chi connectivity index (χ4n) is 2.60. The highest BCUT2D eigenvalue weighted by Gasteiger charge is 2.21. The van der Waals surface area contributed by atoms with Crippen LogP contribution in [-0.2, 0) is 6.54 Å². The molecule has 122 valence electrons. The molecule has 1 aromatic carbocycles. The lowest BCUT2D eigenvalue weighted by Crippen LogP contribution is -2.37. The molecule has 1 aliphatic rings. The van der Waals surface area contributed by atoms with E-state index in [0.717, 1.165) is 28.9 Å². The average molecular weight is 424 g/mol. The summed E-state index contributed by atoms with van der Waals surface area (Å²) in [5, 5.41) is 3.29. The molecule has 0 saturated carbocycles. The van der Waals surface area contributed by atoms with Crippen molar-refractivity contribution in [1.29, 1.82) is 0 Å². The van der Waals surface area contributed by atoms with Gasteiger partial charge in [-0.1, -0.05) is 24.3 Å². The molecule has 5 nitrogen and oxygen atoms in total. The maximum Gasteiger partial charge on any atom is 0.189 e. The molecule has 23 heavy (non-hydrogen) atoms. The van der Waals surface area contributed by atoms with E-state index in [4.69, 9.17) is 10.5 Å². The number of fused-ring (bicyclic) bond motifs is 1. The zero-order valence-corrected chi connectivity index (χ0v) is 15.4. The van der Waals surface area contributed by atoms with Crippen LogP contribution < -0.4 is 15.8 Å². The van der Waals surface area contributed by atoms with Crippen LogP contribution in [0.4, 0.5) is 0 Å². The van der Waals surface area contributed by atoms with Gasteiger partial charge < -0.3 is 15.8 Å². The summed E-state index contributed by atoms with van der Waals surface area (Å²) in [6.45, 7) is 3.23. The summed E-state index contributed by atoms with van der Waals surface area (Å²) < 4.78 is 5.65. The number of benzene rings is 1. The number of hydrogen-bond acceptors (Lipinski definition) is 3. The number of hydrogen-bond donors (Lipinski definition) is 2. The third-order valence-corrected chi connectivity index (χ3v) is 3.64. The lowest BCUT2D eigenvalue weighted by atomic mass is 10.0. The minimum atomic E-state index is 0. The molecule has 1 unspecified atom stereocenters. The van der Waals surface area contributed by atoms with Gasteiger partial charge >= 0.3 is 0 Å². The number of aryl methyl sites for hydroxylation is 1. The highest BCUT2D eigenvalue weighted by atomic mass is 127. The first kappa shape index (κ1) is 17.5. The molecule has 0 fully saturated rings. The standard InChI is InChI=1S/C17H20N4O.HI/c1-12-8-13(10-19-9-12)11-20-17(18)21-15-6-7-22-16-5-3-2-4-14(15)16;/h2-5,8-10,15H,6-7,11H2,1H3,(H3,18,20,21);1H. The topological polar surface area (TPSA) is 72.5 Å². The smallest absolute Gasteiger partial charge is 0.189 e. The number of aromatic nitrogens is 1. The van der Waals surface area contributed by atoms with Crippen molar-refractivity contribution in [3.05, 3.63) is 59.4 Å². The van der Waals surface area contributed by atoms with E-state index in [1.165, 1.54) is 0 Å². The number of pyridine rings is 1. The SMILES string of the molecule is Cc1cncc(CN=C(N)NC2CCOc3ccccc32)c1.I. The third-order valence-electron chi connectivity index (χ3n) is 3.64. The van der Waals surface area contributed by atoms with E-state index in [-0.39, 0.29) is 30.0 Å². The van der Waals surface area contributed by atoms with Crippen molar-refractivity contribution in [3.8, 4) is 5.75 Å². The zero-order chi connectivity index (χ0) is 15.4. The molecule has 0 aliphatic carbocycles. The van der Waals surface area contributed by atoms with Crippen LogP contribution in [0.3, 0.4) is 0 Å². The number of nitrogens with one attached hydrogen (secondary N) is 1. The summed E-state index contributed by atoms with van der Waals surface area (Å²) in [5.74, 6) is 1.37. The molecule has 1 aliphatic heterocycles. The largest absolute Gasteiger partial charge is 0.493 e. The second-order valence-corrected chi connectivity index (χ2v) is 5.44. The van der Waals surface area contributed by atoms with E-state index in [2.05, 4.69) is 27.4 Å². The minimum absolute atomic E-state index is 0. The Labute approximate surface area is 153 Å². The highest BCUT2D eigenvalue weighted by Crippen LogP contribution is 2.31. The van der Waals surface area contributed by atoms with Crippen LogP contribution in [0, 0.1) is 6.92 Å². The summed E-state index contributed by atoms with van der Waals surface area (Å²) in [7, 11) is 0. The van der Waals surface area contributed by atoms with Crippen molar-refractivity contribution in [1.82, 2.24) is 10.3 Å². The van der Waals surface area contributed by atoms with E-state index < -0.39 is 0 Å². The van der Waals surface area contributed by atoms with Gasteiger partial charge in [-0.2, -0.15) is 0 Å². The Morgan fingerprint density at radius 1 is 1.39 bits per heavy atom. The number of aliphatic imine (C=N–C) groups is 1. The highest BCUT2D eigenvalue weighted by molar-refractivity contribution is 14.0. The van der Waals surface area contributed by atoms with Gasteiger partial charge in [-0.15, -0.1) is 24.0 Å². The normalized spacial score (nSPS) is 16.7. The van der Waals surface area contributed by atoms with Crippen molar-refractivity contribution in [2.45, 2.75) is 25.9 Å². The van der Waals surface area contributed by atoms with Crippen LogP contribution in [-0.4, -0.2) is 17.6 Å². The quantitative estimate of drug-likeness (QED) is 0.452. The molecule has 2 aromatic rings. The van der Waals surface area contributed by atoms with Gasteiger partial charge in [-0.05, 0) is 24.1 Å². The maximum atomic E-state index is 6.03. The lowest BCUT2D eigenvalue weighted by Gasteiger charge is -2.26.